The molecule has 0 unspecified atom stereocenters. The van der Waals surface area contributed by atoms with Gasteiger partial charge in [-0.15, -0.1) is 0 Å². The molecule has 0 radical (unpaired) electrons. The van der Waals surface area contributed by atoms with Crippen LogP contribution in [0.15, 0.2) is 42.7 Å². The van der Waals surface area contributed by atoms with Gasteiger partial charge in [0.1, 0.15) is 11.6 Å². The van der Waals surface area contributed by atoms with Crippen molar-refractivity contribution in [2.75, 3.05) is 43.9 Å². The number of hydrogen-bond acceptors (Lipinski definition) is 6. The monoisotopic (exact) mass is 320 g/mol. The molecule has 122 valence electrons. The molecule has 0 spiro atoms. The Kier molecular flexibility index (Phi) is 3.74. The maximum Gasteiger partial charge on any atom is 0.147 e. The molecule has 24 heavy (non-hydrogen) atoms. The summed E-state index contributed by atoms with van der Waals surface area (Å²) in [5.74, 6) is 1.47. The quantitative estimate of drug-likeness (QED) is 0.779. The van der Waals surface area contributed by atoms with Crippen LogP contribution in [0.1, 0.15) is 0 Å². The van der Waals surface area contributed by atoms with Crippen molar-refractivity contribution in [2.24, 2.45) is 0 Å². The predicted molar refractivity (Wildman–Crippen MR) is 96.9 cm³/mol. The number of pyridine rings is 1. The SMILES string of the molecule is CN1CCN(c2cnc3ccc(-c4ccc(N)nc4)cc3n2)CC1. The van der Waals surface area contributed by atoms with E-state index in [0.29, 0.717) is 5.82 Å². The third kappa shape index (κ3) is 2.88. The normalized spacial score (nSPS) is 15.8. The maximum atomic E-state index is 5.67. The Balaban J connectivity index is 1.68. The molecular formula is C18H20N6. The Hall–Kier alpha value is -2.73. The first-order chi connectivity index (χ1) is 11.7. The van der Waals surface area contributed by atoms with Crippen LogP contribution in [0.2, 0.25) is 0 Å². The van der Waals surface area contributed by atoms with Crippen LogP contribution >= 0.6 is 0 Å². The van der Waals surface area contributed by atoms with Crippen LogP contribution in [0.5, 0.6) is 0 Å². The number of aromatic nitrogens is 3. The van der Waals surface area contributed by atoms with Crippen LogP contribution < -0.4 is 10.6 Å². The van der Waals surface area contributed by atoms with Gasteiger partial charge in [0, 0.05) is 37.9 Å². The number of likely N-dealkylation sites (N-methyl/N-ethyl adjacent to an activating group) is 1. The Morgan fingerprint density at radius 2 is 1.67 bits per heavy atom. The summed E-state index contributed by atoms with van der Waals surface area (Å²) >= 11 is 0. The van der Waals surface area contributed by atoms with Crippen molar-refractivity contribution in [1.82, 2.24) is 19.9 Å². The largest absolute Gasteiger partial charge is 0.384 e. The second-order valence-corrected chi connectivity index (χ2v) is 6.19. The van der Waals surface area contributed by atoms with Crippen LogP contribution in [-0.4, -0.2) is 53.1 Å². The van der Waals surface area contributed by atoms with Crippen LogP contribution in [0.3, 0.4) is 0 Å². The van der Waals surface area contributed by atoms with Gasteiger partial charge in [0.2, 0.25) is 0 Å². The van der Waals surface area contributed by atoms with Gasteiger partial charge in [-0.1, -0.05) is 6.07 Å². The summed E-state index contributed by atoms with van der Waals surface area (Å²) in [5, 5.41) is 0. The maximum absolute atomic E-state index is 5.67. The van der Waals surface area contributed by atoms with E-state index in [1.54, 1.807) is 6.20 Å². The summed E-state index contributed by atoms with van der Waals surface area (Å²) in [6.07, 6.45) is 3.66. The third-order valence-electron chi connectivity index (χ3n) is 4.48. The van der Waals surface area contributed by atoms with Crippen molar-refractivity contribution in [1.29, 1.82) is 0 Å². The summed E-state index contributed by atoms with van der Waals surface area (Å²) in [4.78, 5) is 18.2. The topological polar surface area (TPSA) is 71.2 Å². The van der Waals surface area contributed by atoms with Gasteiger partial charge in [-0.05, 0) is 36.9 Å². The van der Waals surface area contributed by atoms with Crippen LogP contribution in [0, 0.1) is 0 Å². The molecule has 0 amide bonds. The van der Waals surface area contributed by atoms with Gasteiger partial charge < -0.3 is 15.5 Å². The number of anilines is 2. The lowest BCUT2D eigenvalue weighted by Gasteiger charge is -2.33. The molecule has 6 nitrogen and oxygen atoms in total. The van der Waals surface area contributed by atoms with Gasteiger partial charge in [-0.25, -0.2) is 9.97 Å². The standard InChI is InChI=1S/C18H20N6/c1-23-6-8-24(9-7-23)18-12-20-15-4-2-13(10-16(15)22-18)14-3-5-17(19)21-11-14/h2-5,10-12H,6-9H2,1H3,(H2,19,21). The first-order valence-corrected chi connectivity index (χ1v) is 8.11. The highest BCUT2D eigenvalue weighted by atomic mass is 15.3. The van der Waals surface area contributed by atoms with E-state index in [0.717, 1.165) is 54.2 Å². The molecule has 1 fully saturated rings. The molecule has 0 saturated carbocycles. The minimum absolute atomic E-state index is 0.525. The zero-order valence-corrected chi connectivity index (χ0v) is 13.7. The highest BCUT2D eigenvalue weighted by Gasteiger charge is 2.16. The molecule has 0 atom stereocenters. The molecular weight excluding hydrogens is 300 g/mol. The van der Waals surface area contributed by atoms with Crippen molar-refractivity contribution in [3.63, 3.8) is 0 Å². The fourth-order valence-electron chi connectivity index (χ4n) is 2.95. The average molecular weight is 320 g/mol. The molecule has 1 aliphatic heterocycles. The number of benzene rings is 1. The molecule has 2 aromatic heterocycles. The van der Waals surface area contributed by atoms with Gasteiger partial charge >= 0.3 is 0 Å². The lowest BCUT2D eigenvalue weighted by molar-refractivity contribution is 0.312. The molecule has 0 bridgehead atoms. The summed E-state index contributed by atoms with van der Waals surface area (Å²) in [7, 11) is 2.15. The molecule has 1 aliphatic rings. The van der Waals surface area contributed by atoms with Crippen molar-refractivity contribution in [3.05, 3.63) is 42.7 Å². The molecule has 0 aliphatic carbocycles. The van der Waals surface area contributed by atoms with E-state index in [-0.39, 0.29) is 0 Å². The van der Waals surface area contributed by atoms with Gasteiger partial charge in [-0.2, -0.15) is 0 Å². The average Bonchev–Trinajstić information content (AvgIpc) is 2.62. The van der Waals surface area contributed by atoms with Crippen LogP contribution in [-0.2, 0) is 0 Å². The number of nitrogen functional groups attached to an aromatic ring is 1. The van der Waals surface area contributed by atoms with E-state index in [4.69, 9.17) is 10.7 Å². The van der Waals surface area contributed by atoms with Crippen molar-refractivity contribution >= 4 is 22.7 Å². The van der Waals surface area contributed by atoms with Gasteiger partial charge in [0.05, 0.1) is 17.2 Å². The fraction of sp³-hybridized carbons (Fsp3) is 0.278. The number of hydrogen-bond donors (Lipinski definition) is 1. The lowest BCUT2D eigenvalue weighted by Crippen LogP contribution is -2.44. The first kappa shape index (κ1) is 14.8. The van der Waals surface area contributed by atoms with Crippen molar-refractivity contribution in [2.45, 2.75) is 0 Å². The smallest absolute Gasteiger partial charge is 0.147 e. The lowest BCUT2D eigenvalue weighted by atomic mass is 10.1. The van der Waals surface area contributed by atoms with Gasteiger partial charge in [0.15, 0.2) is 0 Å². The molecule has 2 N–H and O–H groups in total. The Bertz CT molecular complexity index is 853. The zero-order chi connectivity index (χ0) is 16.5. The minimum Gasteiger partial charge on any atom is -0.384 e. The zero-order valence-electron chi connectivity index (χ0n) is 13.7. The highest BCUT2D eigenvalue weighted by molar-refractivity contribution is 5.82. The number of rotatable bonds is 2. The van der Waals surface area contributed by atoms with Gasteiger partial charge in [-0.3, -0.25) is 4.98 Å². The Morgan fingerprint density at radius 3 is 2.42 bits per heavy atom. The van der Waals surface area contributed by atoms with E-state index in [1.165, 1.54) is 0 Å². The molecule has 3 aromatic rings. The number of fused-ring (bicyclic) bond motifs is 1. The molecule has 4 rings (SSSR count). The van der Waals surface area contributed by atoms with E-state index < -0.39 is 0 Å². The first-order valence-electron chi connectivity index (χ1n) is 8.11. The van der Waals surface area contributed by atoms with Crippen molar-refractivity contribution in [3.8, 4) is 11.1 Å². The van der Waals surface area contributed by atoms with Gasteiger partial charge in [0.25, 0.3) is 0 Å². The highest BCUT2D eigenvalue weighted by Crippen LogP contribution is 2.24. The molecule has 6 heteroatoms. The number of nitrogens with zero attached hydrogens (tertiary/aromatic N) is 5. The van der Waals surface area contributed by atoms with Crippen LogP contribution in [0.25, 0.3) is 22.2 Å². The summed E-state index contributed by atoms with van der Waals surface area (Å²) in [6.45, 7) is 4.07. The second kappa shape index (κ2) is 6.05. The second-order valence-electron chi connectivity index (χ2n) is 6.19. The van der Waals surface area contributed by atoms with E-state index >= 15 is 0 Å². The summed E-state index contributed by atoms with van der Waals surface area (Å²) in [5.41, 5.74) is 9.57. The Morgan fingerprint density at radius 1 is 0.875 bits per heavy atom. The summed E-state index contributed by atoms with van der Waals surface area (Å²) < 4.78 is 0. The predicted octanol–water partition coefficient (Wildman–Crippen LogP) is 2.03. The van der Waals surface area contributed by atoms with E-state index in [1.807, 2.05) is 30.5 Å². The Labute approximate surface area is 141 Å². The fourth-order valence-corrected chi connectivity index (χ4v) is 2.95. The molecule has 3 heterocycles. The number of piperazine rings is 1. The van der Waals surface area contributed by atoms with Crippen molar-refractivity contribution < 1.29 is 0 Å². The molecule has 1 aromatic carbocycles. The van der Waals surface area contributed by atoms with Crippen LogP contribution in [0.4, 0.5) is 11.6 Å². The van der Waals surface area contributed by atoms with E-state index in [2.05, 4.69) is 32.9 Å². The number of nitrogens with two attached hydrogens (primary N) is 1. The summed E-state index contributed by atoms with van der Waals surface area (Å²) in [6, 6.07) is 9.89. The third-order valence-corrected chi connectivity index (χ3v) is 4.48. The van der Waals surface area contributed by atoms with E-state index in [9.17, 15) is 0 Å². The molecule has 1 saturated heterocycles. The minimum atomic E-state index is 0.525.